The number of benzene rings is 1. The summed E-state index contributed by atoms with van der Waals surface area (Å²) in [6.45, 7) is 2.31. The van der Waals surface area contributed by atoms with Crippen LogP contribution in [0.25, 0.3) is 0 Å². The summed E-state index contributed by atoms with van der Waals surface area (Å²) >= 11 is 1.86. The van der Waals surface area contributed by atoms with Gasteiger partial charge in [-0.05, 0) is 47.2 Å². The van der Waals surface area contributed by atoms with Gasteiger partial charge < -0.3 is 5.11 Å². The second kappa shape index (κ2) is 6.48. The Morgan fingerprint density at radius 1 is 1.44 bits per heavy atom. The number of carbonyl (C=O) groups is 1. The average Bonchev–Trinajstić information content (AvgIpc) is 2.29. The van der Waals surface area contributed by atoms with Gasteiger partial charge in [-0.3, -0.25) is 0 Å². The highest BCUT2D eigenvalue weighted by atomic mass is 127. The molecule has 0 bridgehead atoms. The average molecular weight is 383 g/mol. The van der Waals surface area contributed by atoms with Gasteiger partial charge in [0, 0.05) is 10.1 Å². The molecular formula is C11H14INO4S. The van der Waals surface area contributed by atoms with Crippen molar-refractivity contribution in [1.29, 1.82) is 0 Å². The summed E-state index contributed by atoms with van der Waals surface area (Å²) in [7, 11) is -3.62. The zero-order valence-electron chi connectivity index (χ0n) is 9.81. The van der Waals surface area contributed by atoms with E-state index in [9.17, 15) is 13.2 Å². The Labute approximate surface area is 120 Å². The van der Waals surface area contributed by atoms with E-state index < -0.39 is 16.0 Å². The second-order valence-electron chi connectivity index (χ2n) is 3.70. The molecule has 1 rings (SSSR count). The fourth-order valence-corrected chi connectivity index (χ4v) is 2.97. The molecule has 0 unspecified atom stereocenters. The molecule has 1 aromatic rings. The van der Waals surface area contributed by atoms with Crippen molar-refractivity contribution in [3.8, 4) is 0 Å². The van der Waals surface area contributed by atoms with E-state index in [1.807, 2.05) is 29.5 Å². The van der Waals surface area contributed by atoms with Crippen molar-refractivity contribution in [2.75, 3.05) is 6.54 Å². The van der Waals surface area contributed by atoms with Gasteiger partial charge in [-0.15, -0.1) is 0 Å². The lowest BCUT2D eigenvalue weighted by atomic mass is 10.2. The Morgan fingerprint density at radius 2 is 2.11 bits per heavy atom. The van der Waals surface area contributed by atoms with Crippen molar-refractivity contribution in [2.45, 2.75) is 24.7 Å². The second-order valence-corrected chi connectivity index (χ2v) is 6.63. The van der Waals surface area contributed by atoms with Gasteiger partial charge in [-0.1, -0.05) is 13.3 Å². The minimum atomic E-state index is -3.62. The number of hydrogen-bond acceptors (Lipinski definition) is 3. The number of hydrogen-bond donors (Lipinski definition) is 2. The largest absolute Gasteiger partial charge is 0.478 e. The van der Waals surface area contributed by atoms with Gasteiger partial charge >= 0.3 is 5.97 Å². The zero-order chi connectivity index (χ0) is 13.8. The number of aromatic carboxylic acids is 1. The maximum Gasteiger partial charge on any atom is 0.336 e. The van der Waals surface area contributed by atoms with Crippen molar-refractivity contribution in [3.05, 3.63) is 27.3 Å². The molecule has 0 fully saturated rings. The van der Waals surface area contributed by atoms with Crippen molar-refractivity contribution >= 4 is 38.6 Å². The van der Waals surface area contributed by atoms with Crippen LogP contribution in [0.5, 0.6) is 0 Å². The van der Waals surface area contributed by atoms with E-state index in [1.54, 1.807) is 0 Å². The number of carboxylic acid groups (broad SMARTS) is 1. The van der Waals surface area contributed by atoms with E-state index in [0.717, 1.165) is 12.8 Å². The highest BCUT2D eigenvalue weighted by molar-refractivity contribution is 14.1. The minimum absolute atomic E-state index is 0.00559. The van der Waals surface area contributed by atoms with Gasteiger partial charge in [0.05, 0.1) is 10.5 Å². The summed E-state index contributed by atoms with van der Waals surface area (Å²) in [5.74, 6) is -1.13. The summed E-state index contributed by atoms with van der Waals surface area (Å²) in [5, 5.41) is 8.95. The van der Waals surface area contributed by atoms with Crippen molar-refractivity contribution < 1.29 is 18.3 Å². The Kier molecular flexibility index (Phi) is 5.54. The molecule has 7 heteroatoms. The quantitative estimate of drug-likeness (QED) is 0.582. The van der Waals surface area contributed by atoms with E-state index in [2.05, 4.69) is 4.72 Å². The van der Waals surface area contributed by atoms with E-state index in [1.165, 1.54) is 18.2 Å². The smallest absolute Gasteiger partial charge is 0.336 e. The standard InChI is InChI=1S/C11H14INO4S/c1-2-3-6-13-18(16,17)8-4-5-10(12)9(7-8)11(14)15/h4-5,7,13H,2-3,6H2,1H3,(H,14,15). The predicted octanol–water partition coefficient (Wildman–Crippen LogP) is 2.07. The molecule has 0 saturated carbocycles. The van der Waals surface area contributed by atoms with E-state index >= 15 is 0 Å². The van der Waals surface area contributed by atoms with Crippen LogP contribution < -0.4 is 4.72 Å². The summed E-state index contributed by atoms with van der Waals surface area (Å²) < 4.78 is 26.7. The molecule has 0 aliphatic heterocycles. The topological polar surface area (TPSA) is 83.5 Å². The van der Waals surface area contributed by atoms with Crippen LogP contribution in [0.15, 0.2) is 23.1 Å². The molecule has 0 aliphatic carbocycles. The SMILES string of the molecule is CCCCNS(=O)(=O)c1ccc(I)c(C(=O)O)c1. The molecule has 0 saturated heterocycles. The molecule has 18 heavy (non-hydrogen) atoms. The molecular weight excluding hydrogens is 369 g/mol. The van der Waals surface area contributed by atoms with Gasteiger partial charge in [-0.25, -0.2) is 17.9 Å². The highest BCUT2D eigenvalue weighted by Gasteiger charge is 2.17. The minimum Gasteiger partial charge on any atom is -0.478 e. The van der Waals surface area contributed by atoms with Crippen LogP contribution in [-0.2, 0) is 10.0 Å². The molecule has 0 spiro atoms. The lowest BCUT2D eigenvalue weighted by molar-refractivity contribution is 0.0695. The van der Waals surface area contributed by atoms with Gasteiger partial charge in [0.1, 0.15) is 0 Å². The maximum atomic E-state index is 11.9. The number of sulfonamides is 1. The van der Waals surface area contributed by atoms with Crippen LogP contribution in [0, 0.1) is 3.57 Å². The Balaban J connectivity index is 3.02. The summed E-state index contributed by atoms with van der Waals surface area (Å²) in [6, 6.07) is 4.07. The number of halogens is 1. The van der Waals surface area contributed by atoms with Gasteiger partial charge in [0.15, 0.2) is 0 Å². The van der Waals surface area contributed by atoms with Crippen LogP contribution in [0.4, 0.5) is 0 Å². The summed E-state index contributed by atoms with van der Waals surface area (Å²) in [4.78, 5) is 10.9. The monoisotopic (exact) mass is 383 g/mol. The van der Waals surface area contributed by atoms with Crippen LogP contribution >= 0.6 is 22.6 Å². The molecule has 0 aliphatic rings. The van der Waals surface area contributed by atoms with Crippen molar-refractivity contribution in [2.24, 2.45) is 0 Å². The van der Waals surface area contributed by atoms with E-state index in [-0.39, 0.29) is 10.5 Å². The molecule has 2 N–H and O–H groups in total. The third-order valence-electron chi connectivity index (χ3n) is 2.30. The van der Waals surface area contributed by atoms with E-state index in [0.29, 0.717) is 10.1 Å². The first-order chi connectivity index (χ1) is 8.38. The van der Waals surface area contributed by atoms with Crippen LogP contribution in [-0.4, -0.2) is 26.0 Å². The first kappa shape index (κ1) is 15.4. The molecule has 0 aromatic heterocycles. The number of carboxylic acids is 1. The van der Waals surface area contributed by atoms with E-state index in [4.69, 9.17) is 5.11 Å². The predicted molar refractivity (Wildman–Crippen MR) is 76.2 cm³/mol. The Hall–Kier alpha value is -0.670. The lowest BCUT2D eigenvalue weighted by Gasteiger charge is -2.07. The molecule has 1 aromatic carbocycles. The molecule has 0 heterocycles. The zero-order valence-corrected chi connectivity index (χ0v) is 12.8. The first-order valence-corrected chi connectivity index (χ1v) is 7.97. The number of nitrogens with one attached hydrogen (secondary N) is 1. The number of rotatable bonds is 6. The van der Waals surface area contributed by atoms with Crippen molar-refractivity contribution in [3.63, 3.8) is 0 Å². The molecule has 100 valence electrons. The fourth-order valence-electron chi connectivity index (χ4n) is 1.30. The third-order valence-corrected chi connectivity index (χ3v) is 4.70. The molecule has 0 atom stereocenters. The van der Waals surface area contributed by atoms with Crippen LogP contribution in [0.1, 0.15) is 30.1 Å². The normalized spacial score (nSPS) is 11.4. The Bertz CT molecular complexity index is 542. The maximum absolute atomic E-state index is 11.9. The Morgan fingerprint density at radius 3 is 2.67 bits per heavy atom. The molecule has 5 nitrogen and oxygen atoms in total. The first-order valence-electron chi connectivity index (χ1n) is 5.41. The molecule has 0 amide bonds. The van der Waals surface area contributed by atoms with Gasteiger partial charge in [0.2, 0.25) is 10.0 Å². The third kappa shape index (κ3) is 3.92. The van der Waals surface area contributed by atoms with Crippen LogP contribution in [0.3, 0.4) is 0 Å². The van der Waals surface area contributed by atoms with Crippen molar-refractivity contribution in [1.82, 2.24) is 4.72 Å². The number of unbranched alkanes of at least 4 members (excludes halogenated alkanes) is 1. The highest BCUT2D eigenvalue weighted by Crippen LogP contribution is 2.18. The summed E-state index contributed by atoms with van der Waals surface area (Å²) in [5.41, 5.74) is -0.00559. The summed E-state index contributed by atoms with van der Waals surface area (Å²) in [6.07, 6.45) is 1.63. The molecule has 0 radical (unpaired) electrons. The van der Waals surface area contributed by atoms with Crippen LogP contribution in [0.2, 0.25) is 0 Å². The van der Waals surface area contributed by atoms with Gasteiger partial charge in [-0.2, -0.15) is 0 Å². The lowest BCUT2D eigenvalue weighted by Crippen LogP contribution is -2.25. The van der Waals surface area contributed by atoms with Gasteiger partial charge in [0.25, 0.3) is 0 Å². The fraction of sp³-hybridized carbons (Fsp3) is 0.364.